The largest absolute Gasteiger partial charge is 0.394 e. The van der Waals surface area contributed by atoms with Crippen LogP contribution in [0.2, 0.25) is 0 Å². The van der Waals surface area contributed by atoms with Gasteiger partial charge in [-0.25, -0.2) is 9.18 Å². The molecule has 1 aromatic rings. The van der Waals surface area contributed by atoms with Crippen LogP contribution in [0.25, 0.3) is 0 Å². The smallest absolute Gasteiger partial charge is 0.317 e. The molecule has 22 heavy (non-hydrogen) atoms. The summed E-state index contributed by atoms with van der Waals surface area (Å²) in [6, 6.07) is 6.22. The van der Waals surface area contributed by atoms with Crippen LogP contribution in [-0.4, -0.2) is 42.3 Å². The highest BCUT2D eigenvalue weighted by Crippen LogP contribution is 2.40. The molecule has 0 heterocycles. The summed E-state index contributed by atoms with van der Waals surface area (Å²) in [5, 5.41) is 12.1. The van der Waals surface area contributed by atoms with Gasteiger partial charge in [0, 0.05) is 19.0 Å². The molecule has 1 aliphatic rings. The first kappa shape index (κ1) is 16.7. The van der Waals surface area contributed by atoms with Crippen LogP contribution in [0.15, 0.2) is 24.3 Å². The van der Waals surface area contributed by atoms with Gasteiger partial charge in [0.15, 0.2) is 0 Å². The topological polar surface area (TPSA) is 52.6 Å². The fourth-order valence-corrected chi connectivity index (χ4v) is 3.11. The third-order valence-corrected chi connectivity index (χ3v) is 4.84. The second-order valence-corrected chi connectivity index (χ2v) is 6.30. The molecular weight excluding hydrogens is 283 g/mol. The SMILES string of the molecule is CC(CO)N(C)C(=O)NCC1(c2ccc(F)cc2)CCCC1. The summed E-state index contributed by atoms with van der Waals surface area (Å²) in [4.78, 5) is 13.7. The van der Waals surface area contributed by atoms with E-state index in [-0.39, 0.29) is 29.9 Å². The average Bonchev–Trinajstić information content (AvgIpc) is 3.01. The highest BCUT2D eigenvalue weighted by atomic mass is 19.1. The van der Waals surface area contributed by atoms with Crippen LogP contribution >= 0.6 is 0 Å². The fraction of sp³-hybridized carbons (Fsp3) is 0.588. The minimum Gasteiger partial charge on any atom is -0.394 e. The van der Waals surface area contributed by atoms with Gasteiger partial charge in [0.25, 0.3) is 0 Å². The van der Waals surface area contributed by atoms with E-state index in [1.165, 1.54) is 17.0 Å². The lowest BCUT2D eigenvalue weighted by atomic mass is 9.79. The molecule has 0 aromatic heterocycles. The Morgan fingerprint density at radius 1 is 1.36 bits per heavy atom. The highest BCUT2D eigenvalue weighted by molar-refractivity contribution is 5.74. The number of carbonyl (C=O) groups excluding carboxylic acids is 1. The number of hydrogen-bond donors (Lipinski definition) is 2. The summed E-state index contributed by atoms with van der Waals surface area (Å²) in [6.07, 6.45) is 4.24. The molecule has 1 unspecified atom stereocenters. The van der Waals surface area contributed by atoms with Crippen LogP contribution in [0.1, 0.15) is 38.2 Å². The first-order chi connectivity index (χ1) is 10.5. The molecule has 1 atom stereocenters. The third kappa shape index (κ3) is 3.58. The van der Waals surface area contributed by atoms with E-state index in [1.54, 1.807) is 14.0 Å². The molecule has 4 nitrogen and oxygen atoms in total. The van der Waals surface area contributed by atoms with Crippen molar-refractivity contribution in [3.05, 3.63) is 35.6 Å². The van der Waals surface area contributed by atoms with Crippen molar-refractivity contribution in [1.82, 2.24) is 10.2 Å². The molecule has 5 heteroatoms. The van der Waals surface area contributed by atoms with E-state index < -0.39 is 0 Å². The Kier molecular flexibility index (Phi) is 5.40. The molecule has 0 aliphatic heterocycles. The summed E-state index contributed by atoms with van der Waals surface area (Å²) in [6.45, 7) is 2.28. The van der Waals surface area contributed by atoms with Crippen molar-refractivity contribution in [2.24, 2.45) is 0 Å². The Hall–Kier alpha value is -1.62. The fourth-order valence-electron chi connectivity index (χ4n) is 3.11. The summed E-state index contributed by atoms with van der Waals surface area (Å²) in [5.41, 5.74) is 0.983. The highest BCUT2D eigenvalue weighted by Gasteiger charge is 2.36. The zero-order chi connectivity index (χ0) is 16.2. The number of likely N-dealkylation sites (N-methyl/N-ethyl adjacent to an activating group) is 1. The molecular formula is C17H25FN2O2. The van der Waals surface area contributed by atoms with Crippen molar-refractivity contribution in [1.29, 1.82) is 0 Å². The predicted molar refractivity (Wildman–Crippen MR) is 84.3 cm³/mol. The predicted octanol–water partition coefficient (Wildman–Crippen LogP) is 2.66. The van der Waals surface area contributed by atoms with E-state index in [0.717, 1.165) is 31.2 Å². The van der Waals surface area contributed by atoms with Gasteiger partial charge in [-0.1, -0.05) is 25.0 Å². The maximum atomic E-state index is 13.1. The number of carbonyl (C=O) groups is 1. The molecule has 0 saturated heterocycles. The second-order valence-electron chi connectivity index (χ2n) is 6.30. The van der Waals surface area contributed by atoms with Crippen molar-refractivity contribution >= 4 is 6.03 Å². The molecule has 0 bridgehead atoms. The van der Waals surface area contributed by atoms with Gasteiger partial charge < -0.3 is 15.3 Å². The molecule has 1 saturated carbocycles. The number of nitrogens with zero attached hydrogens (tertiary/aromatic N) is 1. The number of benzene rings is 1. The zero-order valence-corrected chi connectivity index (χ0v) is 13.3. The summed E-state index contributed by atoms with van der Waals surface area (Å²) in [7, 11) is 1.68. The van der Waals surface area contributed by atoms with E-state index in [0.29, 0.717) is 6.54 Å². The van der Waals surface area contributed by atoms with Crippen LogP contribution in [0, 0.1) is 5.82 Å². The van der Waals surface area contributed by atoms with Crippen molar-refractivity contribution < 1.29 is 14.3 Å². The van der Waals surface area contributed by atoms with Crippen LogP contribution in [0.5, 0.6) is 0 Å². The lowest BCUT2D eigenvalue weighted by molar-refractivity contribution is 0.155. The van der Waals surface area contributed by atoms with Crippen molar-refractivity contribution in [3.63, 3.8) is 0 Å². The van der Waals surface area contributed by atoms with Crippen molar-refractivity contribution in [2.45, 2.75) is 44.1 Å². The Morgan fingerprint density at radius 3 is 2.50 bits per heavy atom. The Bertz CT molecular complexity index is 498. The van der Waals surface area contributed by atoms with E-state index >= 15 is 0 Å². The number of hydrogen-bond acceptors (Lipinski definition) is 2. The Labute approximate surface area is 131 Å². The van der Waals surface area contributed by atoms with Crippen molar-refractivity contribution in [3.8, 4) is 0 Å². The monoisotopic (exact) mass is 308 g/mol. The second kappa shape index (κ2) is 7.09. The Morgan fingerprint density at radius 2 is 1.95 bits per heavy atom. The first-order valence-corrected chi connectivity index (χ1v) is 7.86. The van der Waals surface area contributed by atoms with Gasteiger partial charge in [-0.15, -0.1) is 0 Å². The summed E-state index contributed by atoms with van der Waals surface area (Å²) in [5.74, 6) is -0.238. The van der Waals surface area contributed by atoms with Crippen LogP contribution in [0.3, 0.4) is 0 Å². The molecule has 122 valence electrons. The van der Waals surface area contributed by atoms with Gasteiger partial charge in [0.1, 0.15) is 5.82 Å². The number of aliphatic hydroxyl groups is 1. The average molecular weight is 308 g/mol. The van der Waals surface area contributed by atoms with Gasteiger partial charge in [-0.2, -0.15) is 0 Å². The van der Waals surface area contributed by atoms with Gasteiger partial charge in [0.2, 0.25) is 0 Å². The number of rotatable bonds is 5. The first-order valence-electron chi connectivity index (χ1n) is 7.86. The van der Waals surface area contributed by atoms with Crippen LogP contribution < -0.4 is 5.32 Å². The molecule has 0 spiro atoms. The third-order valence-electron chi connectivity index (χ3n) is 4.84. The molecule has 2 N–H and O–H groups in total. The molecule has 2 amide bonds. The van der Waals surface area contributed by atoms with Gasteiger partial charge in [-0.3, -0.25) is 0 Å². The molecule has 1 aliphatic carbocycles. The van der Waals surface area contributed by atoms with E-state index in [4.69, 9.17) is 5.11 Å². The maximum Gasteiger partial charge on any atom is 0.317 e. The van der Waals surface area contributed by atoms with E-state index in [9.17, 15) is 9.18 Å². The number of halogens is 1. The van der Waals surface area contributed by atoms with Crippen LogP contribution in [-0.2, 0) is 5.41 Å². The van der Waals surface area contributed by atoms with Gasteiger partial charge in [0.05, 0.1) is 12.6 Å². The minimum absolute atomic E-state index is 0.0625. The number of nitrogens with one attached hydrogen (secondary N) is 1. The maximum absolute atomic E-state index is 13.1. The van der Waals surface area contributed by atoms with E-state index in [1.807, 2.05) is 12.1 Å². The van der Waals surface area contributed by atoms with E-state index in [2.05, 4.69) is 5.32 Å². The van der Waals surface area contributed by atoms with Crippen molar-refractivity contribution in [2.75, 3.05) is 20.2 Å². The van der Waals surface area contributed by atoms with Gasteiger partial charge in [-0.05, 0) is 37.5 Å². The molecule has 1 aromatic carbocycles. The zero-order valence-electron chi connectivity index (χ0n) is 13.3. The minimum atomic E-state index is -0.238. The lowest BCUT2D eigenvalue weighted by Crippen LogP contribution is -2.48. The summed E-state index contributed by atoms with van der Waals surface area (Å²) >= 11 is 0. The van der Waals surface area contributed by atoms with Gasteiger partial charge >= 0.3 is 6.03 Å². The number of aliphatic hydroxyl groups excluding tert-OH is 1. The number of amides is 2. The Balaban J connectivity index is 2.06. The quantitative estimate of drug-likeness (QED) is 0.878. The number of urea groups is 1. The normalized spacial score (nSPS) is 18.0. The standard InChI is InChI=1S/C17H25FN2O2/c1-13(11-21)20(2)16(22)19-12-17(9-3-4-10-17)14-5-7-15(18)8-6-14/h5-8,13,21H,3-4,9-12H2,1-2H3,(H,19,22). The molecule has 0 radical (unpaired) electrons. The summed E-state index contributed by atoms with van der Waals surface area (Å²) < 4.78 is 13.1. The molecule has 1 fully saturated rings. The molecule has 2 rings (SSSR count). The lowest BCUT2D eigenvalue weighted by Gasteiger charge is -2.32. The van der Waals surface area contributed by atoms with Crippen LogP contribution in [0.4, 0.5) is 9.18 Å².